The molecule has 0 amide bonds. The lowest BCUT2D eigenvalue weighted by Gasteiger charge is -2.42. The molecule has 158 valence electrons. The molecule has 11 heteroatoms. The Balaban J connectivity index is 2.46. The third-order valence-corrected chi connectivity index (χ3v) is 4.76. The van der Waals surface area contributed by atoms with Gasteiger partial charge >= 0.3 is 17.9 Å². The van der Waals surface area contributed by atoms with Gasteiger partial charge in [0.05, 0.1) is 18.1 Å². The van der Waals surface area contributed by atoms with E-state index in [1.165, 1.54) is 14.0 Å². The second kappa shape index (κ2) is 8.86. The lowest BCUT2D eigenvalue weighted by molar-refractivity contribution is -0.385. The standard InChI is InChI=1S/C18H21NO10/c1-8-9(2)15(27-10(3)20)18(29-14(8)17(23)26-4)28-13-7-11(19(24)25)5-6-12(13)16(21)22/h5-9,14-15,18H,1-4H3,(H,21,22)/t8-,9-,14-,15+,18+/m0/s1. The SMILES string of the molecule is COC(=O)[C@H]1O[C@@H](Oc2cc([N+](=O)[O-])ccc2C(=O)O)[C@H](OC(C)=O)[C@@H](C)[C@@H]1C. The number of hydrogen-bond donors (Lipinski definition) is 1. The third kappa shape index (κ3) is 4.80. The van der Waals surface area contributed by atoms with Crippen LogP contribution in [-0.2, 0) is 23.8 Å². The van der Waals surface area contributed by atoms with Crippen LogP contribution < -0.4 is 4.74 Å². The highest BCUT2D eigenvalue weighted by Crippen LogP contribution is 2.36. The zero-order chi connectivity index (χ0) is 21.9. The minimum Gasteiger partial charge on any atom is -0.478 e. The number of carboxylic acids is 1. The molecule has 1 heterocycles. The molecule has 1 N–H and O–H groups in total. The number of nitro benzene ring substituents is 1. The van der Waals surface area contributed by atoms with Gasteiger partial charge in [-0.25, -0.2) is 9.59 Å². The first-order chi connectivity index (χ1) is 13.6. The highest BCUT2D eigenvalue weighted by Gasteiger charge is 2.48. The molecule has 1 aliphatic rings. The number of non-ortho nitro benzene ring substituents is 1. The number of aromatic carboxylic acids is 1. The van der Waals surface area contributed by atoms with Gasteiger partial charge in [0.2, 0.25) is 6.29 Å². The summed E-state index contributed by atoms with van der Waals surface area (Å²) in [4.78, 5) is 45.4. The van der Waals surface area contributed by atoms with Crippen molar-refractivity contribution in [3.8, 4) is 5.75 Å². The van der Waals surface area contributed by atoms with Gasteiger partial charge in [0, 0.05) is 18.9 Å². The Morgan fingerprint density at radius 2 is 1.86 bits per heavy atom. The molecule has 11 nitrogen and oxygen atoms in total. The highest BCUT2D eigenvalue weighted by atomic mass is 16.7. The van der Waals surface area contributed by atoms with Crippen LogP contribution in [0.1, 0.15) is 31.1 Å². The number of esters is 2. The summed E-state index contributed by atoms with van der Waals surface area (Å²) < 4.78 is 21.2. The van der Waals surface area contributed by atoms with Crippen molar-refractivity contribution in [2.75, 3.05) is 7.11 Å². The Hall–Kier alpha value is -3.21. The van der Waals surface area contributed by atoms with Crippen LogP contribution in [0.25, 0.3) is 0 Å². The third-order valence-electron chi connectivity index (χ3n) is 4.76. The van der Waals surface area contributed by atoms with Gasteiger partial charge < -0.3 is 24.1 Å². The first-order valence-electron chi connectivity index (χ1n) is 8.65. The number of ether oxygens (including phenoxy) is 4. The summed E-state index contributed by atoms with van der Waals surface area (Å²) >= 11 is 0. The molecule has 0 spiro atoms. The minimum absolute atomic E-state index is 0.360. The van der Waals surface area contributed by atoms with Crippen LogP contribution in [0.4, 0.5) is 5.69 Å². The van der Waals surface area contributed by atoms with Gasteiger partial charge in [-0.05, 0) is 12.0 Å². The number of carbonyl (C=O) groups excluding carboxylic acids is 2. The van der Waals surface area contributed by atoms with E-state index in [4.69, 9.17) is 18.9 Å². The number of carbonyl (C=O) groups is 3. The summed E-state index contributed by atoms with van der Waals surface area (Å²) in [7, 11) is 1.18. The predicted octanol–water partition coefficient (Wildman–Crippen LogP) is 1.77. The molecule has 0 aromatic heterocycles. The van der Waals surface area contributed by atoms with Crippen molar-refractivity contribution < 1.29 is 43.4 Å². The molecule has 1 aromatic rings. The molecule has 1 saturated heterocycles. The lowest BCUT2D eigenvalue weighted by atomic mass is 9.83. The number of methoxy groups -OCH3 is 1. The molecule has 0 radical (unpaired) electrons. The van der Waals surface area contributed by atoms with Crippen molar-refractivity contribution in [1.29, 1.82) is 0 Å². The Bertz CT molecular complexity index is 823. The molecular weight excluding hydrogens is 390 g/mol. The molecule has 5 atom stereocenters. The summed E-state index contributed by atoms with van der Waals surface area (Å²) in [5, 5.41) is 20.4. The van der Waals surface area contributed by atoms with Gasteiger partial charge in [-0.1, -0.05) is 13.8 Å². The Kier molecular flexibility index (Phi) is 6.75. The Morgan fingerprint density at radius 1 is 1.21 bits per heavy atom. The summed E-state index contributed by atoms with van der Waals surface area (Å²) in [6.45, 7) is 4.59. The van der Waals surface area contributed by atoms with Crippen LogP contribution in [-0.4, -0.2) is 53.5 Å². The lowest BCUT2D eigenvalue weighted by Crippen LogP contribution is -2.55. The molecule has 0 saturated carbocycles. The number of hydrogen-bond acceptors (Lipinski definition) is 9. The fourth-order valence-electron chi connectivity index (χ4n) is 3.03. The van der Waals surface area contributed by atoms with Crippen molar-refractivity contribution in [2.45, 2.75) is 39.3 Å². The molecule has 0 bridgehead atoms. The number of nitrogens with zero attached hydrogens (tertiary/aromatic N) is 1. The number of benzene rings is 1. The van der Waals surface area contributed by atoms with Crippen LogP contribution in [0.15, 0.2) is 18.2 Å². The minimum atomic E-state index is -1.39. The fourth-order valence-corrected chi connectivity index (χ4v) is 3.03. The van der Waals surface area contributed by atoms with Crippen molar-refractivity contribution in [3.05, 3.63) is 33.9 Å². The molecule has 1 aliphatic heterocycles. The van der Waals surface area contributed by atoms with E-state index >= 15 is 0 Å². The zero-order valence-corrected chi connectivity index (χ0v) is 16.2. The van der Waals surface area contributed by atoms with Gasteiger partial charge in [0.25, 0.3) is 5.69 Å². The summed E-state index contributed by atoms with van der Waals surface area (Å²) in [5.41, 5.74) is -0.766. The maximum Gasteiger partial charge on any atom is 0.339 e. The maximum absolute atomic E-state index is 12.1. The molecule has 1 fully saturated rings. The van der Waals surface area contributed by atoms with E-state index in [1.807, 2.05) is 0 Å². The van der Waals surface area contributed by atoms with E-state index in [0.717, 1.165) is 18.2 Å². The fraction of sp³-hybridized carbons (Fsp3) is 0.500. The summed E-state index contributed by atoms with van der Waals surface area (Å²) in [6.07, 6.45) is -3.46. The Morgan fingerprint density at radius 3 is 2.38 bits per heavy atom. The van der Waals surface area contributed by atoms with Crippen molar-refractivity contribution in [3.63, 3.8) is 0 Å². The van der Waals surface area contributed by atoms with E-state index in [-0.39, 0.29) is 11.3 Å². The van der Waals surface area contributed by atoms with Gasteiger partial charge in [0.1, 0.15) is 11.3 Å². The average Bonchev–Trinajstić information content (AvgIpc) is 2.66. The average molecular weight is 411 g/mol. The summed E-state index contributed by atoms with van der Waals surface area (Å²) in [5.74, 6) is -3.93. The predicted molar refractivity (Wildman–Crippen MR) is 95.2 cm³/mol. The monoisotopic (exact) mass is 411 g/mol. The van der Waals surface area contributed by atoms with Crippen molar-refractivity contribution in [2.24, 2.45) is 11.8 Å². The van der Waals surface area contributed by atoms with Crippen molar-refractivity contribution in [1.82, 2.24) is 0 Å². The topological polar surface area (TPSA) is 152 Å². The molecule has 0 unspecified atom stereocenters. The van der Waals surface area contributed by atoms with Crippen LogP contribution in [0.2, 0.25) is 0 Å². The van der Waals surface area contributed by atoms with E-state index < -0.39 is 58.9 Å². The van der Waals surface area contributed by atoms with E-state index in [2.05, 4.69) is 0 Å². The van der Waals surface area contributed by atoms with E-state index in [1.54, 1.807) is 13.8 Å². The molecule has 0 aliphatic carbocycles. The van der Waals surface area contributed by atoms with Gasteiger partial charge in [0.15, 0.2) is 12.2 Å². The van der Waals surface area contributed by atoms with Gasteiger partial charge in [-0.3, -0.25) is 14.9 Å². The van der Waals surface area contributed by atoms with E-state index in [0.29, 0.717) is 0 Å². The highest BCUT2D eigenvalue weighted by molar-refractivity contribution is 5.91. The maximum atomic E-state index is 12.1. The quantitative estimate of drug-likeness (QED) is 0.416. The van der Waals surface area contributed by atoms with Crippen LogP contribution in [0.5, 0.6) is 5.75 Å². The number of rotatable bonds is 6. The van der Waals surface area contributed by atoms with Gasteiger partial charge in [-0.2, -0.15) is 0 Å². The normalized spacial score (nSPS) is 26.3. The second-order valence-electron chi connectivity index (χ2n) is 6.60. The molecule has 2 rings (SSSR count). The largest absolute Gasteiger partial charge is 0.478 e. The number of nitro groups is 1. The molecular formula is C18H21NO10. The first-order valence-corrected chi connectivity index (χ1v) is 8.65. The smallest absolute Gasteiger partial charge is 0.339 e. The van der Waals surface area contributed by atoms with Gasteiger partial charge in [-0.15, -0.1) is 0 Å². The summed E-state index contributed by atoms with van der Waals surface area (Å²) in [6, 6.07) is 2.96. The van der Waals surface area contributed by atoms with Crippen molar-refractivity contribution >= 4 is 23.6 Å². The van der Waals surface area contributed by atoms with Crippen LogP contribution >= 0.6 is 0 Å². The Labute approximate surface area is 165 Å². The number of carboxylic acid groups (broad SMARTS) is 1. The molecule has 29 heavy (non-hydrogen) atoms. The van der Waals surface area contributed by atoms with Crippen LogP contribution in [0, 0.1) is 22.0 Å². The first kappa shape index (κ1) is 22.1. The second-order valence-corrected chi connectivity index (χ2v) is 6.60. The van der Waals surface area contributed by atoms with Crippen LogP contribution in [0.3, 0.4) is 0 Å². The zero-order valence-electron chi connectivity index (χ0n) is 16.2. The molecule has 1 aromatic carbocycles. The van der Waals surface area contributed by atoms with E-state index in [9.17, 15) is 29.6 Å².